The second kappa shape index (κ2) is 5.83. The third-order valence-electron chi connectivity index (χ3n) is 2.28. The lowest BCUT2D eigenvalue weighted by molar-refractivity contribution is -0.121. The standard InChI is InChI=1S/C11H15N3O3/c1-3-14(7-10(16)12-2)11(17)8-5-4-6-9(15)13-8/h4-6H,3,7H2,1-2H3,(H,12,16)(H,13,15). The molecule has 2 N–H and O–H groups in total. The van der Waals surface area contributed by atoms with Crippen molar-refractivity contribution in [2.24, 2.45) is 0 Å². The number of H-pyrrole nitrogens is 1. The van der Waals surface area contributed by atoms with Gasteiger partial charge in [0.2, 0.25) is 11.5 Å². The van der Waals surface area contributed by atoms with Crippen LogP contribution in [0.1, 0.15) is 17.4 Å². The number of rotatable bonds is 4. The summed E-state index contributed by atoms with van der Waals surface area (Å²) < 4.78 is 0. The van der Waals surface area contributed by atoms with Gasteiger partial charge in [-0.25, -0.2) is 0 Å². The molecule has 2 amide bonds. The number of amides is 2. The molecule has 92 valence electrons. The van der Waals surface area contributed by atoms with Gasteiger partial charge in [-0.1, -0.05) is 6.07 Å². The molecular weight excluding hydrogens is 222 g/mol. The molecule has 1 aromatic heterocycles. The first-order valence-electron chi connectivity index (χ1n) is 5.27. The molecule has 0 saturated carbocycles. The van der Waals surface area contributed by atoms with Crippen LogP contribution in [-0.4, -0.2) is 41.8 Å². The van der Waals surface area contributed by atoms with Crippen molar-refractivity contribution < 1.29 is 9.59 Å². The summed E-state index contributed by atoms with van der Waals surface area (Å²) in [6.45, 7) is 2.13. The summed E-state index contributed by atoms with van der Waals surface area (Å²) in [6, 6.07) is 4.34. The van der Waals surface area contributed by atoms with Gasteiger partial charge in [0.1, 0.15) is 5.69 Å². The maximum absolute atomic E-state index is 12.0. The molecule has 0 aliphatic rings. The average Bonchev–Trinajstić information content (AvgIpc) is 2.34. The van der Waals surface area contributed by atoms with Gasteiger partial charge in [-0.3, -0.25) is 14.4 Å². The molecule has 17 heavy (non-hydrogen) atoms. The normalized spacial score (nSPS) is 9.76. The van der Waals surface area contributed by atoms with Gasteiger partial charge in [0.05, 0.1) is 6.54 Å². The first-order chi connectivity index (χ1) is 8.08. The number of aromatic nitrogens is 1. The van der Waals surface area contributed by atoms with Gasteiger partial charge in [-0.05, 0) is 13.0 Å². The van der Waals surface area contributed by atoms with Crippen molar-refractivity contribution in [2.45, 2.75) is 6.92 Å². The molecule has 0 fully saturated rings. The zero-order chi connectivity index (χ0) is 12.8. The molecule has 0 radical (unpaired) electrons. The number of nitrogens with one attached hydrogen (secondary N) is 2. The third kappa shape index (κ3) is 3.44. The number of hydrogen-bond donors (Lipinski definition) is 2. The van der Waals surface area contributed by atoms with E-state index in [1.165, 1.54) is 30.1 Å². The number of nitrogens with zero attached hydrogens (tertiary/aromatic N) is 1. The smallest absolute Gasteiger partial charge is 0.270 e. The minimum Gasteiger partial charge on any atom is -0.358 e. The highest BCUT2D eigenvalue weighted by Gasteiger charge is 2.17. The van der Waals surface area contributed by atoms with E-state index in [0.29, 0.717) is 6.54 Å². The van der Waals surface area contributed by atoms with Crippen molar-refractivity contribution in [2.75, 3.05) is 20.1 Å². The minimum atomic E-state index is -0.367. The van der Waals surface area contributed by atoms with E-state index in [-0.39, 0.29) is 29.6 Å². The summed E-state index contributed by atoms with van der Waals surface area (Å²) in [6.07, 6.45) is 0. The Hall–Kier alpha value is -2.11. The second-order valence-corrected chi connectivity index (χ2v) is 3.42. The number of hydrogen-bond acceptors (Lipinski definition) is 3. The molecule has 0 unspecified atom stereocenters. The van der Waals surface area contributed by atoms with Crippen LogP contribution >= 0.6 is 0 Å². The zero-order valence-corrected chi connectivity index (χ0v) is 9.82. The first kappa shape index (κ1) is 13.0. The molecular formula is C11H15N3O3. The summed E-state index contributed by atoms with van der Waals surface area (Å²) in [5.41, 5.74) is -0.157. The van der Waals surface area contributed by atoms with Crippen LogP contribution in [0.25, 0.3) is 0 Å². The molecule has 0 atom stereocenters. The lowest BCUT2D eigenvalue weighted by Gasteiger charge is -2.19. The molecule has 6 heteroatoms. The molecule has 6 nitrogen and oxygen atoms in total. The fraction of sp³-hybridized carbons (Fsp3) is 0.364. The maximum Gasteiger partial charge on any atom is 0.270 e. The summed E-state index contributed by atoms with van der Waals surface area (Å²) in [4.78, 5) is 38.0. The van der Waals surface area contributed by atoms with Crippen molar-refractivity contribution in [1.82, 2.24) is 15.2 Å². The number of carbonyl (C=O) groups is 2. The predicted octanol–water partition coefficient (Wildman–Crippen LogP) is -0.417. The molecule has 1 aromatic rings. The number of aromatic amines is 1. The molecule has 0 aliphatic carbocycles. The lowest BCUT2D eigenvalue weighted by atomic mass is 10.3. The Bertz CT molecular complexity index is 467. The second-order valence-electron chi connectivity index (χ2n) is 3.42. The summed E-state index contributed by atoms with van der Waals surface area (Å²) >= 11 is 0. The van der Waals surface area contributed by atoms with Crippen molar-refractivity contribution in [3.8, 4) is 0 Å². The van der Waals surface area contributed by atoms with Gasteiger partial charge in [-0.15, -0.1) is 0 Å². The summed E-state index contributed by atoms with van der Waals surface area (Å²) in [5.74, 6) is -0.618. The van der Waals surface area contributed by atoms with Gasteiger partial charge < -0.3 is 15.2 Å². The molecule has 0 aromatic carbocycles. The topological polar surface area (TPSA) is 82.3 Å². The molecule has 0 saturated heterocycles. The molecule has 0 aliphatic heterocycles. The Balaban J connectivity index is 2.86. The van der Waals surface area contributed by atoms with Crippen LogP contribution in [0.3, 0.4) is 0 Å². The Kier molecular flexibility index (Phi) is 4.45. The van der Waals surface area contributed by atoms with E-state index in [1.54, 1.807) is 6.92 Å². The van der Waals surface area contributed by atoms with E-state index >= 15 is 0 Å². The zero-order valence-electron chi connectivity index (χ0n) is 9.82. The maximum atomic E-state index is 12.0. The van der Waals surface area contributed by atoms with Crippen LogP contribution in [0, 0.1) is 0 Å². The Morgan fingerprint density at radius 3 is 2.65 bits per heavy atom. The molecule has 1 rings (SSSR count). The van der Waals surface area contributed by atoms with Crippen molar-refractivity contribution in [3.63, 3.8) is 0 Å². The van der Waals surface area contributed by atoms with Crippen LogP contribution in [0.2, 0.25) is 0 Å². The molecule has 0 spiro atoms. The van der Waals surface area contributed by atoms with Gasteiger partial charge in [0.15, 0.2) is 0 Å². The van der Waals surface area contributed by atoms with Crippen LogP contribution < -0.4 is 10.9 Å². The van der Waals surface area contributed by atoms with Gasteiger partial charge >= 0.3 is 0 Å². The van der Waals surface area contributed by atoms with E-state index in [0.717, 1.165) is 0 Å². The van der Waals surface area contributed by atoms with E-state index in [4.69, 9.17) is 0 Å². The van der Waals surface area contributed by atoms with Crippen LogP contribution in [0.15, 0.2) is 23.0 Å². The Labute approximate surface area is 98.6 Å². The highest BCUT2D eigenvalue weighted by molar-refractivity contribution is 5.94. The van der Waals surface area contributed by atoms with E-state index in [2.05, 4.69) is 10.3 Å². The number of likely N-dealkylation sites (N-methyl/N-ethyl adjacent to an activating group) is 2. The van der Waals surface area contributed by atoms with Gasteiger partial charge in [0, 0.05) is 19.7 Å². The fourth-order valence-electron chi connectivity index (χ4n) is 1.32. The monoisotopic (exact) mass is 237 g/mol. The molecule has 0 bridgehead atoms. The highest BCUT2D eigenvalue weighted by Crippen LogP contribution is 1.99. The van der Waals surface area contributed by atoms with E-state index in [9.17, 15) is 14.4 Å². The Morgan fingerprint density at radius 1 is 1.41 bits per heavy atom. The molecule has 1 heterocycles. The quantitative estimate of drug-likeness (QED) is 0.746. The van der Waals surface area contributed by atoms with Crippen molar-refractivity contribution in [3.05, 3.63) is 34.2 Å². The fourth-order valence-corrected chi connectivity index (χ4v) is 1.32. The first-order valence-corrected chi connectivity index (χ1v) is 5.27. The van der Waals surface area contributed by atoms with Crippen LogP contribution in [0.5, 0.6) is 0 Å². The van der Waals surface area contributed by atoms with Crippen molar-refractivity contribution >= 4 is 11.8 Å². The summed E-state index contributed by atoms with van der Waals surface area (Å²) in [7, 11) is 1.50. The highest BCUT2D eigenvalue weighted by atomic mass is 16.2. The van der Waals surface area contributed by atoms with Crippen molar-refractivity contribution in [1.29, 1.82) is 0 Å². The number of carbonyl (C=O) groups excluding carboxylic acids is 2. The van der Waals surface area contributed by atoms with Gasteiger partial charge in [-0.2, -0.15) is 0 Å². The SMILES string of the molecule is CCN(CC(=O)NC)C(=O)c1cccc(=O)[nH]1. The lowest BCUT2D eigenvalue weighted by Crippen LogP contribution is -2.40. The minimum absolute atomic E-state index is 0.0250. The average molecular weight is 237 g/mol. The van der Waals surface area contributed by atoms with Gasteiger partial charge in [0.25, 0.3) is 5.91 Å². The number of pyridine rings is 1. The summed E-state index contributed by atoms with van der Waals surface area (Å²) in [5, 5.41) is 2.44. The predicted molar refractivity (Wildman–Crippen MR) is 62.7 cm³/mol. The van der Waals surface area contributed by atoms with Crippen LogP contribution in [0.4, 0.5) is 0 Å². The van der Waals surface area contributed by atoms with E-state index in [1.807, 2.05) is 0 Å². The largest absolute Gasteiger partial charge is 0.358 e. The third-order valence-corrected chi connectivity index (χ3v) is 2.28. The van der Waals surface area contributed by atoms with E-state index < -0.39 is 0 Å². The van der Waals surface area contributed by atoms with Crippen LogP contribution in [-0.2, 0) is 4.79 Å². The Morgan fingerprint density at radius 2 is 2.12 bits per heavy atom.